The maximum atomic E-state index is 13.1. The Labute approximate surface area is 213 Å². The summed E-state index contributed by atoms with van der Waals surface area (Å²) in [5.74, 6) is -0.975. The molecule has 6 nitrogen and oxygen atoms in total. The molecule has 3 aromatic carbocycles. The molecule has 4 aromatic rings. The van der Waals surface area contributed by atoms with Crippen LogP contribution < -0.4 is 4.74 Å². The molecule has 36 heavy (non-hydrogen) atoms. The van der Waals surface area contributed by atoms with E-state index >= 15 is 0 Å². The molecule has 1 aromatic heterocycles. The van der Waals surface area contributed by atoms with E-state index < -0.39 is 11.8 Å². The van der Waals surface area contributed by atoms with Gasteiger partial charge in [0.05, 0.1) is 19.8 Å². The van der Waals surface area contributed by atoms with Crippen LogP contribution in [0.25, 0.3) is 0 Å². The van der Waals surface area contributed by atoms with Gasteiger partial charge in [-0.25, -0.2) is 4.79 Å². The van der Waals surface area contributed by atoms with E-state index in [0.29, 0.717) is 22.8 Å². The van der Waals surface area contributed by atoms with Gasteiger partial charge in [0.2, 0.25) is 5.78 Å². The van der Waals surface area contributed by atoms with Crippen LogP contribution in [0.2, 0.25) is 5.02 Å². The van der Waals surface area contributed by atoms with Crippen molar-refractivity contribution in [3.05, 3.63) is 129 Å². The Balaban J connectivity index is 1.60. The number of carbonyl (C=O) groups is 3. The summed E-state index contributed by atoms with van der Waals surface area (Å²) < 4.78 is 10.1. The molecule has 0 fully saturated rings. The van der Waals surface area contributed by atoms with E-state index in [-0.39, 0.29) is 28.2 Å². The highest BCUT2D eigenvalue weighted by molar-refractivity contribution is 6.30. The van der Waals surface area contributed by atoms with Crippen molar-refractivity contribution in [3.8, 4) is 5.75 Å². The van der Waals surface area contributed by atoms with Crippen molar-refractivity contribution in [3.63, 3.8) is 0 Å². The summed E-state index contributed by atoms with van der Waals surface area (Å²) in [5, 5.41) is 0.667. The summed E-state index contributed by atoms with van der Waals surface area (Å²) in [5.41, 5.74) is 2.90. The van der Waals surface area contributed by atoms with E-state index in [1.165, 1.54) is 32.4 Å². The van der Waals surface area contributed by atoms with E-state index in [2.05, 4.69) is 4.98 Å². The summed E-state index contributed by atoms with van der Waals surface area (Å²) in [6.07, 6.45) is 2.29. The molecule has 1 heterocycles. The number of nitrogens with zero attached hydrogens (tertiary/aromatic N) is 1. The number of carbonyl (C=O) groups excluding carboxylic acids is 3. The van der Waals surface area contributed by atoms with Crippen LogP contribution in [0.15, 0.2) is 85.1 Å². The zero-order valence-corrected chi connectivity index (χ0v) is 20.4. The van der Waals surface area contributed by atoms with Gasteiger partial charge in [-0.3, -0.25) is 14.6 Å². The number of methoxy groups -OCH3 is 2. The molecule has 7 heteroatoms. The molecule has 0 spiro atoms. The van der Waals surface area contributed by atoms with Gasteiger partial charge in [0.1, 0.15) is 11.4 Å². The molecule has 0 radical (unpaired) electrons. The van der Waals surface area contributed by atoms with E-state index in [1.807, 2.05) is 30.3 Å². The third kappa shape index (κ3) is 5.50. The normalized spacial score (nSPS) is 10.5. The number of pyridine rings is 1. The second-order valence-electron chi connectivity index (χ2n) is 8.00. The molecule has 0 amide bonds. The minimum absolute atomic E-state index is 0.00414. The highest BCUT2D eigenvalue weighted by Gasteiger charge is 2.22. The number of hydrogen-bond donors (Lipinski definition) is 0. The van der Waals surface area contributed by atoms with Crippen molar-refractivity contribution in [1.29, 1.82) is 0 Å². The molecule has 0 aliphatic rings. The van der Waals surface area contributed by atoms with Crippen LogP contribution in [0.4, 0.5) is 0 Å². The Morgan fingerprint density at radius 1 is 0.778 bits per heavy atom. The van der Waals surface area contributed by atoms with E-state index in [4.69, 9.17) is 21.1 Å². The quantitative estimate of drug-likeness (QED) is 0.232. The predicted molar refractivity (Wildman–Crippen MR) is 136 cm³/mol. The Morgan fingerprint density at radius 3 is 2.17 bits per heavy atom. The first kappa shape index (κ1) is 24.8. The van der Waals surface area contributed by atoms with Crippen molar-refractivity contribution in [2.24, 2.45) is 0 Å². The van der Waals surface area contributed by atoms with E-state index in [9.17, 15) is 14.4 Å². The molecule has 0 saturated heterocycles. The monoisotopic (exact) mass is 499 g/mol. The highest BCUT2D eigenvalue weighted by Crippen LogP contribution is 2.22. The van der Waals surface area contributed by atoms with Crippen molar-refractivity contribution < 1.29 is 23.9 Å². The van der Waals surface area contributed by atoms with Gasteiger partial charge >= 0.3 is 5.97 Å². The van der Waals surface area contributed by atoms with Crippen molar-refractivity contribution in [2.45, 2.75) is 6.42 Å². The third-order valence-corrected chi connectivity index (χ3v) is 5.89. The molecule has 0 bridgehead atoms. The molecule has 0 atom stereocenters. The van der Waals surface area contributed by atoms with Crippen molar-refractivity contribution in [1.82, 2.24) is 4.98 Å². The summed E-state index contributed by atoms with van der Waals surface area (Å²) in [6, 6.07) is 21.9. The average Bonchev–Trinajstić information content (AvgIpc) is 2.93. The molecule has 0 aliphatic carbocycles. The lowest BCUT2D eigenvalue weighted by atomic mass is 9.94. The lowest BCUT2D eigenvalue weighted by Crippen LogP contribution is -2.14. The molecular formula is C29H22ClNO5. The number of aromatic nitrogens is 1. The molecule has 4 rings (SSSR count). The number of ether oxygens (including phenoxy) is 2. The minimum Gasteiger partial charge on any atom is -0.497 e. The summed E-state index contributed by atoms with van der Waals surface area (Å²) in [7, 11) is 2.72. The van der Waals surface area contributed by atoms with Gasteiger partial charge < -0.3 is 9.47 Å². The predicted octanol–water partition coefficient (Wildman–Crippen LogP) is 5.58. The molecule has 0 saturated carbocycles. The molecule has 0 aliphatic heterocycles. The van der Waals surface area contributed by atoms with Crippen LogP contribution in [-0.4, -0.2) is 36.7 Å². The lowest BCUT2D eigenvalue weighted by molar-refractivity contribution is 0.0597. The Hall–Kier alpha value is -4.29. The average molecular weight is 500 g/mol. The number of hydrogen-bond acceptors (Lipinski definition) is 6. The van der Waals surface area contributed by atoms with Gasteiger partial charge in [0.15, 0.2) is 5.78 Å². The standard InChI is InChI=1S/C29H22ClNO5/c1-35-23-5-3-4-20(15-23)27(32)24-12-9-21(16-25(24)29(34)36-2)28(33)26-13-8-19(17-31-26)14-18-6-10-22(30)11-7-18/h3-13,15-17H,14H2,1-2H3. The topological polar surface area (TPSA) is 82.6 Å². The smallest absolute Gasteiger partial charge is 0.338 e. The number of ketones is 2. The van der Waals surface area contributed by atoms with E-state index in [1.54, 1.807) is 36.5 Å². The SMILES string of the molecule is COC(=O)c1cc(C(=O)c2ccc(Cc3ccc(Cl)cc3)cn2)ccc1C(=O)c1cccc(OC)c1. The van der Waals surface area contributed by atoms with Crippen LogP contribution >= 0.6 is 11.6 Å². The molecule has 180 valence electrons. The number of rotatable bonds is 8. The van der Waals surface area contributed by atoms with Crippen LogP contribution in [0.1, 0.15) is 53.5 Å². The van der Waals surface area contributed by atoms with Crippen LogP contribution in [-0.2, 0) is 11.2 Å². The number of benzene rings is 3. The molecular weight excluding hydrogens is 478 g/mol. The first-order valence-corrected chi connectivity index (χ1v) is 11.4. The molecule has 0 N–H and O–H groups in total. The van der Waals surface area contributed by atoms with Gasteiger partial charge in [-0.1, -0.05) is 48.0 Å². The Morgan fingerprint density at radius 2 is 1.50 bits per heavy atom. The number of halogens is 1. The van der Waals surface area contributed by atoms with Crippen LogP contribution in [0, 0.1) is 0 Å². The number of esters is 1. The summed E-state index contributed by atoms with van der Waals surface area (Å²) >= 11 is 5.94. The maximum Gasteiger partial charge on any atom is 0.338 e. The van der Waals surface area contributed by atoms with E-state index in [0.717, 1.165) is 11.1 Å². The largest absolute Gasteiger partial charge is 0.497 e. The minimum atomic E-state index is -0.720. The second-order valence-corrected chi connectivity index (χ2v) is 8.43. The lowest BCUT2D eigenvalue weighted by Gasteiger charge is -2.10. The van der Waals surface area contributed by atoms with Gasteiger partial charge in [-0.15, -0.1) is 0 Å². The Bertz CT molecular complexity index is 1430. The zero-order valence-electron chi connectivity index (χ0n) is 19.7. The Kier molecular flexibility index (Phi) is 7.56. The summed E-state index contributed by atoms with van der Waals surface area (Å²) in [6.45, 7) is 0. The summed E-state index contributed by atoms with van der Waals surface area (Å²) in [4.78, 5) is 43.1. The highest BCUT2D eigenvalue weighted by atomic mass is 35.5. The third-order valence-electron chi connectivity index (χ3n) is 5.64. The molecule has 0 unspecified atom stereocenters. The first-order chi connectivity index (χ1) is 17.4. The zero-order chi connectivity index (χ0) is 25.7. The fourth-order valence-electron chi connectivity index (χ4n) is 3.73. The van der Waals surface area contributed by atoms with Gasteiger partial charge in [-0.05, 0) is 60.0 Å². The van der Waals surface area contributed by atoms with Gasteiger partial charge in [0.25, 0.3) is 0 Å². The second kappa shape index (κ2) is 11.0. The van der Waals surface area contributed by atoms with Gasteiger partial charge in [0, 0.05) is 27.9 Å². The fraction of sp³-hybridized carbons (Fsp3) is 0.103. The van der Waals surface area contributed by atoms with Gasteiger partial charge in [-0.2, -0.15) is 0 Å². The fourth-order valence-corrected chi connectivity index (χ4v) is 3.86. The van der Waals surface area contributed by atoms with Crippen LogP contribution in [0.5, 0.6) is 5.75 Å². The van der Waals surface area contributed by atoms with Crippen molar-refractivity contribution in [2.75, 3.05) is 14.2 Å². The maximum absolute atomic E-state index is 13.1. The van der Waals surface area contributed by atoms with Crippen molar-refractivity contribution >= 4 is 29.1 Å². The van der Waals surface area contributed by atoms with Crippen LogP contribution in [0.3, 0.4) is 0 Å². The first-order valence-electron chi connectivity index (χ1n) is 11.0.